The molecule has 3 rings (SSSR count). The Kier molecular flexibility index (Phi) is 6.01. The fraction of sp³-hybridized carbons (Fsp3) is 0.421. The van der Waals surface area contributed by atoms with Gasteiger partial charge in [-0.3, -0.25) is 14.6 Å². The van der Waals surface area contributed by atoms with E-state index < -0.39 is 11.5 Å². The van der Waals surface area contributed by atoms with Crippen LogP contribution in [0.1, 0.15) is 24.2 Å². The Bertz CT molecular complexity index is 859. The number of H-pyrrole nitrogens is 1. The van der Waals surface area contributed by atoms with E-state index in [1.54, 1.807) is 0 Å². The molecule has 0 unspecified atom stereocenters. The molecule has 27 heavy (non-hydrogen) atoms. The predicted octanol–water partition coefficient (Wildman–Crippen LogP) is 2.14. The van der Waals surface area contributed by atoms with Crippen molar-refractivity contribution < 1.29 is 4.79 Å². The Hall–Kier alpha value is -2.54. The normalized spacial score (nSPS) is 14.5. The molecule has 0 radical (unpaired) electrons. The van der Waals surface area contributed by atoms with Gasteiger partial charge < -0.3 is 15.1 Å². The first-order valence-corrected chi connectivity index (χ1v) is 9.45. The second-order valence-corrected chi connectivity index (χ2v) is 7.39. The number of benzene rings is 1. The largest absolute Gasteiger partial charge is 0.367 e. The molecule has 0 bridgehead atoms. The highest BCUT2D eigenvalue weighted by Gasteiger charge is 2.21. The summed E-state index contributed by atoms with van der Waals surface area (Å²) in [4.78, 5) is 35.6. The third-order valence-corrected chi connectivity index (χ3v) is 4.79. The summed E-state index contributed by atoms with van der Waals surface area (Å²) in [7, 11) is 0. The van der Waals surface area contributed by atoms with Crippen LogP contribution in [0.25, 0.3) is 0 Å². The van der Waals surface area contributed by atoms with Crippen molar-refractivity contribution >= 4 is 29.1 Å². The smallest absolute Gasteiger partial charge is 0.265 e. The zero-order valence-electron chi connectivity index (χ0n) is 15.5. The zero-order valence-corrected chi connectivity index (χ0v) is 16.3. The quantitative estimate of drug-likeness (QED) is 0.818. The van der Waals surface area contributed by atoms with Gasteiger partial charge in [-0.05, 0) is 18.1 Å². The number of aromatic amines is 1. The molecule has 0 saturated carbocycles. The van der Waals surface area contributed by atoms with Crippen molar-refractivity contribution in [2.24, 2.45) is 5.92 Å². The van der Waals surface area contributed by atoms with Gasteiger partial charge in [-0.15, -0.1) is 0 Å². The second kappa shape index (κ2) is 8.43. The third-order valence-electron chi connectivity index (χ3n) is 4.47. The number of piperazine rings is 1. The molecule has 1 aromatic carbocycles. The molecule has 0 spiro atoms. The highest BCUT2D eigenvalue weighted by molar-refractivity contribution is 6.33. The van der Waals surface area contributed by atoms with Crippen molar-refractivity contribution in [2.45, 2.75) is 13.8 Å². The van der Waals surface area contributed by atoms with Crippen LogP contribution in [0, 0.1) is 5.92 Å². The summed E-state index contributed by atoms with van der Waals surface area (Å²) in [6.07, 6.45) is 1.35. The molecular formula is C19H24ClN5O2. The summed E-state index contributed by atoms with van der Waals surface area (Å²) in [6.45, 7) is 7.44. The van der Waals surface area contributed by atoms with E-state index in [1.807, 2.05) is 43.0 Å². The number of halogens is 1. The number of rotatable bonds is 5. The molecule has 8 heteroatoms. The molecular weight excluding hydrogens is 366 g/mol. The summed E-state index contributed by atoms with van der Waals surface area (Å²) in [5, 5.41) is 3.47. The number of nitrogens with zero attached hydrogens (tertiary/aromatic N) is 3. The van der Waals surface area contributed by atoms with Crippen molar-refractivity contribution in [1.82, 2.24) is 15.3 Å². The molecule has 2 N–H and O–H groups in total. The SMILES string of the molecule is CC(C)CNC(=O)c1cnc(N2CCN(c3ccccc3Cl)CC2)[nH]c1=O. The van der Waals surface area contributed by atoms with Crippen LogP contribution < -0.4 is 20.7 Å². The third kappa shape index (κ3) is 4.60. The maximum absolute atomic E-state index is 12.3. The monoisotopic (exact) mass is 389 g/mol. The van der Waals surface area contributed by atoms with Crippen LogP contribution in [-0.2, 0) is 0 Å². The van der Waals surface area contributed by atoms with E-state index in [0.29, 0.717) is 31.5 Å². The number of anilines is 2. The molecule has 1 amide bonds. The fourth-order valence-electron chi connectivity index (χ4n) is 2.97. The lowest BCUT2D eigenvalue weighted by Gasteiger charge is -2.36. The molecule has 0 atom stereocenters. The average Bonchev–Trinajstić information content (AvgIpc) is 2.66. The number of aromatic nitrogens is 2. The van der Waals surface area contributed by atoms with Gasteiger partial charge in [0, 0.05) is 38.9 Å². The van der Waals surface area contributed by atoms with Gasteiger partial charge in [0.15, 0.2) is 0 Å². The van der Waals surface area contributed by atoms with Crippen LogP contribution in [0.15, 0.2) is 35.3 Å². The molecule has 144 valence electrons. The number of nitrogens with one attached hydrogen (secondary N) is 2. The number of hydrogen-bond acceptors (Lipinski definition) is 5. The van der Waals surface area contributed by atoms with E-state index in [0.717, 1.165) is 23.8 Å². The van der Waals surface area contributed by atoms with Gasteiger partial charge in [-0.25, -0.2) is 4.98 Å². The number of carbonyl (C=O) groups excluding carboxylic acids is 1. The van der Waals surface area contributed by atoms with Gasteiger partial charge in [-0.2, -0.15) is 0 Å². The van der Waals surface area contributed by atoms with E-state index >= 15 is 0 Å². The number of para-hydroxylation sites is 1. The fourth-order valence-corrected chi connectivity index (χ4v) is 3.22. The van der Waals surface area contributed by atoms with Crippen molar-refractivity contribution in [2.75, 3.05) is 42.5 Å². The van der Waals surface area contributed by atoms with Crippen molar-refractivity contribution in [3.8, 4) is 0 Å². The highest BCUT2D eigenvalue weighted by Crippen LogP contribution is 2.26. The van der Waals surface area contributed by atoms with Gasteiger partial charge in [0.2, 0.25) is 5.95 Å². The van der Waals surface area contributed by atoms with E-state index in [-0.39, 0.29) is 5.56 Å². The van der Waals surface area contributed by atoms with Crippen molar-refractivity contribution in [3.63, 3.8) is 0 Å². The number of hydrogen-bond donors (Lipinski definition) is 2. The minimum absolute atomic E-state index is 0.0362. The van der Waals surface area contributed by atoms with Crippen LogP contribution in [0.2, 0.25) is 5.02 Å². The molecule has 2 aromatic rings. The first-order valence-electron chi connectivity index (χ1n) is 9.07. The Morgan fingerprint density at radius 2 is 1.89 bits per heavy atom. The predicted molar refractivity (Wildman–Crippen MR) is 108 cm³/mol. The van der Waals surface area contributed by atoms with Crippen molar-refractivity contribution in [3.05, 3.63) is 51.4 Å². The molecule has 1 aliphatic rings. The zero-order chi connectivity index (χ0) is 19.4. The Labute approximate surface area is 163 Å². The van der Waals surface area contributed by atoms with Crippen LogP contribution in [0.4, 0.5) is 11.6 Å². The van der Waals surface area contributed by atoms with Gasteiger partial charge >= 0.3 is 0 Å². The van der Waals surface area contributed by atoms with Crippen molar-refractivity contribution in [1.29, 1.82) is 0 Å². The average molecular weight is 390 g/mol. The lowest BCUT2D eigenvalue weighted by Crippen LogP contribution is -2.47. The van der Waals surface area contributed by atoms with E-state index in [9.17, 15) is 9.59 Å². The van der Waals surface area contributed by atoms with Gasteiger partial charge in [-0.1, -0.05) is 37.6 Å². The lowest BCUT2D eigenvalue weighted by molar-refractivity contribution is 0.0947. The van der Waals surface area contributed by atoms with Crippen LogP contribution in [0.5, 0.6) is 0 Å². The van der Waals surface area contributed by atoms with Crippen LogP contribution in [-0.4, -0.2) is 48.6 Å². The van der Waals surface area contributed by atoms with Gasteiger partial charge in [0.1, 0.15) is 5.56 Å². The minimum atomic E-state index is -0.421. The summed E-state index contributed by atoms with van der Waals surface area (Å²) in [5.41, 5.74) is 0.626. The summed E-state index contributed by atoms with van der Waals surface area (Å²) in [6, 6.07) is 7.76. The molecule has 1 aliphatic heterocycles. The summed E-state index contributed by atoms with van der Waals surface area (Å²) in [5.74, 6) is 0.404. The minimum Gasteiger partial charge on any atom is -0.367 e. The summed E-state index contributed by atoms with van der Waals surface area (Å²) < 4.78 is 0. The first kappa shape index (κ1) is 19.2. The Balaban J connectivity index is 1.65. The Morgan fingerprint density at radius 1 is 1.22 bits per heavy atom. The van der Waals surface area contributed by atoms with E-state index in [1.165, 1.54) is 6.20 Å². The highest BCUT2D eigenvalue weighted by atomic mass is 35.5. The number of amides is 1. The second-order valence-electron chi connectivity index (χ2n) is 6.98. The lowest BCUT2D eigenvalue weighted by atomic mass is 10.2. The standard InChI is InChI=1S/C19H24ClN5O2/c1-13(2)11-21-17(26)14-12-22-19(23-18(14)27)25-9-7-24(8-10-25)16-6-4-3-5-15(16)20/h3-6,12-13H,7-11H2,1-2H3,(H,21,26)(H,22,23,27). The summed E-state index contributed by atoms with van der Waals surface area (Å²) >= 11 is 6.27. The van der Waals surface area contributed by atoms with E-state index in [4.69, 9.17) is 11.6 Å². The van der Waals surface area contributed by atoms with Crippen LogP contribution >= 0.6 is 11.6 Å². The van der Waals surface area contributed by atoms with E-state index in [2.05, 4.69) is 20.2 Å². The van der Waals surface area contributed by atoms with Gasteiger partial charge in [0.05, 0.1) is 10.7 Å². The van der Waals surface area contributed by atoms with Crippen LogP contribution in [0.3, 0.4) is 0 Å². The molecule has 0 aliphatic carbocycles. The first-order chi connectivity index (χ1) is 13.0. The molecule has 2 heterocycles. The molecule has 1 saturated heterocycles. The molecule has 1 fully saturated rings. The maximum atomic E-state index is 12.3. The number of carbonyl (C=O) groups is 1. The molecule has 1 aromatic heterocycles. The van der Waals surface area contributed by atoms with Gasteiger partial charge in [0.25, 0.3) is 11.5 Å². The Morgan fingerprint density at radius 3 is 2.52 bits per heavy atom. The molecule has 7 nitrogen and oxygen atoms in total. The maximum Gasteiger partial charge on any atom is 0.265 e. The topological polar surface area (TPSA) is 81.3 Å².